The van der Waals surface area contributed by atoms with Gasteiger partial charge in [0.05, 0.1) is 5.52 Å². The Hall–Kier alpha value is -1.77. The van der Waals surface area contributed by atoms with Gasteiger partial charge in [0.2, 0.25) is 0 Å². The number of amides is 1. The summed E-state index contributed by atoms with van der Waals surface area (Å²) >= 11 is 0. The van der Waals surface area contributed by atoms with Crippen molar-refractivity contribution in [2.45, 2.75) is 46.6 Å². The number of aryl methyl sites for hydroxylation is 4. The Morgan fingerprint density at radius 2 is 1.86 bits per heavy atom. The smallest absolute Gasteiger partial charge is 0.270 e. The Labute approximate surface area is 126 Å². The van der Waals surface area contributed by atoms with Crippen molar-refractivity contribution in [1.82, 2.24) is 9.47 Å². The van der Waals surface area contributed by atoms with Gasteiger partial charge >= 0.3 is 0 Å². The third-order valence-electron chi connectivity index (χ3n) is 4.75. The molecule has 1 aromatic carbocycles. The second kappa shape index (κ2) is 5.21. The molecule has 0 aliphatic carbocycles. The van der Waals surface area contributed by atoms with E-state index in [1.807, 2.05) is 11.9 Å². The molecule has 0 saturated heterocycles. The second-order valence-electron chi connectivity index (χ2n) is 6.18. The van der Waals surface area contributed by atoms with Gasteiger partial charge in [0.15, 0.2) is 0 Å². The van der Waals surface area contributed by atoms with Crippen LogP contribution in [0.4, 0.5) is 0 Å². The Balaban J connectivity index is 2.42. The number of rotatable bonds is 1. The van der Waals surface area contributed by atoms with Crippen LogP contribution in [-0.4, -0.2) is 29.0 Å². The molecule has 112 valence electrons. The molecule has 0 spiro atoms. The first-order chi connectivity index (χ1) is 10.1. The van der Waals surface area contributed by atoms with E-state index in [4.69, 9.17) is 0 Å². The number of hydrogen-bond acceptors (Lipinski definition) is 1. The van der Waals surface area contributed by atoms with E-state index < -0.39 is 0 Å². The molecule has 1 aliphatic rings. The summed E-state index contributed by atoms with van der Waals surface area (Å²) in [7, 11) is 1.93. The molecule has 0 fully saturated rings. The summed E-state index contributed by atoms with van der Waals surface area (Å²) in [6.07, 6.45) is 3.26. The van der Waals surface area contributed by atoms with Crippen LogP contribution in [-0.2, 0) is 13.0 Å². The van der Waals surface area contributed by atoms with E-state index in [0.29, 0.717) is 0 Å². The predicted octanol–water partition coefficient (Wildman–Crippen LogP) is 3.69. The van der Waals surface area contributed by atoms with E-state index in [1.165, 1.54) is 27.6 Å². The average Bonchev–Trinajstić information content (AvgIpc) is 2.80. The summed E-state index contributed by atoms with van der Waals surface area (Å²) < 4.78 is 2.23. The molecule has 1 amide bonds. The quantitative estimate of drug-likeness (QED) is 0.784. The highest BCUT2D eigenvalue weighted by Crippen LogP contribution is 2.34. The van der Waals surface area contributed by atoms with Crippen molar-refractivity contribution in [3.05, 3.63) is 34.5 Å². The Kier molecular flexibility index (Phi) is 3.52. The van der Waals surface area contributed by atoms with Crippen LogP contribution in [0.15, 0.2) is 12.1 Å². The van der Waals surface area contributed by atoms with Gasteiger partial charge in [-0.3, -0.25) is 4.79 Å². The summed E-state index contributed by atoms with van der Waals surface area (Å²) in [5.41, 5.74) is 6.00. The summed E-state index contributed by atoms with van der Waals surface area (Å²) in [6, 6.07) is 4.36. The molecule has 1 aromatic heterocycles. The summed E-state index contributed by atoms with van der Waals surface area (Å²) in [5, 5.41) is 1.32. The highest BCUT2D eigenvalue weighted by molar-refractivity contribution is 6.03. The fourth-order valence-corrected chi connectivity index (χ4v) is 3.66. The lowest BCUT2D eigenvalue weighted by atomic mass is 9.98. The zero-order chi connectivity index (χ0) is 15.1. The predicted molar refractivity (Wildman–Crippen MR) is 87.0 cm³/mol. The van der Waals surface area contributed by atoms with Crippen molar-refractivity contribution in [2.24, 2.45) is 0 Å². The zero-order valence-electron chi connectivity index (χ0n) is 13.5. The number of benzene rings is 1. The molecule has 2 aromatic rings. The van der Waals surface area contributed by atoms with Crippen molar-refractivity contribution in [2.75, 3.05) is 13.6 Å². The van der Waals surface area contributed by atoms with Crippen molar-refractivity contribution in [3.8, 4) is 0 Å². The molecule has 0 radical (unpaired) electrons. The first-order valence-electron chi connectivity index (χ1n) is 7.93. The summed E-state index contributed by atoms with van der Waals surface area (Å²) in [5.74, 6) is 0.182. The van der Waals surface area contributed by atoms with E-state index in [1.54, 1.807) is 0 Å². The van der Waals surface area contributed by atoms with Gasteiger partial charge in [-0.05, 0) is 56.7 Å². The molecule has 0 N–H and O–H groups in total. The maximum absolute atomic E-state index is 12.9. The van der Waals surface area contributed by atoms with Crippen LogP contribution >= 0.6 is 0 Å². The topological polar surface area (TPSA) is 25.2 Å². The minimum Gasteiger partial charge on any atom is -0.340 e. The normalized spacial score (nSPS) is 16.0. The van der Waals surface area contributed by atoms with Gasteiger partial charge in [-0.25, -0.2) is 0 Å². The van der Waals surface area contributed by atoms with Gasteiger partial charge in [0.1, 0.15) is 5.69 Å². The fraction of sp³-hybridized carbons (Fsp3) is 0.500. The van der Waals surface area contributed by atoms with E-state index in [-0.39, 0.29) is 5.91 Å². The van der Waals surface area contributed by atoms with Crippen LogP contribution in [0.5, 0.6) is 0 Å². The number of carbonyl (C=O) groups is 1. The van der Waals surface area contributed by atoms with E-state index in [2.05, 4.69) is 37.5 Å². The van der Waals surface area contributed by atoms with Crippen molar-refractivity contribution >= 4 is 16.8 Å². The molecule has 3 rings (SSSR count). The van der Waals surface area contributed by atoms with Gasteiger partial charge in [-0.2, -0.15) is 0 Å². The SMILES string of the molecule is CCn1c2c(c3c(C)ccc(C)c31)CCCCN(C)C2=O. The number of aromatic nitrogens is 1. The van der Waals surface area contributed by atoms with E-state index in [0.717, 1.165) is 38.0 Å². The molecular weight excluding hydrogens is 260 g/mol. The lowest BCUT2D eigenvalue weighted by Gasteiger charge is -2.22. The Morgan fingerprint density at radius 3 is 2.57 bits per heavy atom. The van der Waals surface area contributed by atoms with Crippen LogP contribution in [0.2, 0.25) is 0 Å². The minimum atomic E-state index is 0.182. The van der Waals surface area contributed by atoms with Gasteiger partial charge in [0, 0.05) is 25.5 Å². The summed E-state index contributed by atoms with van der Waals surface area (Å²) in [6.45, 7) is 8.15. The molecule has 3 nitrogen and oxygen atoms in total. The van der Waals surface area contributed by atoms with Crippen molar-refractivity contribution in [1.29, 1.82) is 0 Å². The maximum Gasteiger partial charge on any atom is 0.270 e. The molecule has 2 heterocycles. The monoisotopic (exact) mass is 284 g/mol. The largest absolute Gasteiger partial charge is 0.340 e. The lowest BCUT2D eigenvalue weighted by molar-refractivity contribution is 0.0777. The molecule has 1 aliphatic heterocycles. The molecule has 21 heavy (non-hydrogen) atoms. The maximum atomic E-state index is 12.9. The van der Waals surface area contributed by atoms with Crippen LogP contribution < -0.4 is 0 Å². The van der Waals surface area contributed by atoms with Gasteiger partial charge < -0.3 is 9.47 Å². The number of fused-ring (bicyclic) bond motifs is 3. The average molecular weight is 284 g/mol. The van der Waals surface area contributed by atoms with Gasteiger partial charge in [-0.15, -0.1) is 0 Å². The van der Waals surface area contributed by atoms with Crippen LogP contribution in [0, 0.1) is 13.8 Å². The number of hydrogen-bond donors (Lipinski definition) is 0. The lowest BCUT2D eigenvalue weighted by Crippen LogP contribution is -2.31. The third kappa shape index (κ3) is 2.06. The Bertz CT molecular complexity index is 712. The third-order valence-corrected chi connectivity index (χ3v) is 4.75. The zero-order valence-corrected chi connectivity index (χ0v) is 13.5. The molecule has 3 heteroatoms. The van der Waals surface area contributed by atoms with E-state index >= 15 is 0 Å². The highest BCUT2D eigenvalue weighted by Gasteiger charge is 2.27. The fourth-order valence-electron chi connectivity index (χ4n) is 3.66. The molecule has 0 unspecified atom stereocenters. The molecular formula is C18H24N2O. The molecule has 0 saturated carbocycles. The first-order valence-corrected chi connectivity index (χ1v) is 7.93. The number of nitrogens with zero attached hydrogens (tertiary/aromatic N) is 2. The minimum absolute atomic E-state index is 0.182. The first kappa shape index (κ1) is 14.2. The van der Waals surface area contributed by atoms with Crippen molar-refractivity contribution in [3.63, 3.8) is 0 Å². The van der Waals surface area contributed by atoms with E-state index in [9.17, 15) is 4.79 Å². The van der Waals surface area contributed by atoms with Crippen LogP contribution in [0.1, 0.15) is 46.9 Å². The van der Waals surface area contributed by atoms with Crippen LogP contribution in [0.25, 0.3) is 10.9 Å². The van der Waals surface area contributed by atoms with Crippen molar-refractivity contribution < 1.29 is 4.79 Å². The van der Waals surface area contributed by atoms with Gasteiger partial charge in [-0.1, -0.05) is 12.1 Å². The number of carbonyl (C=O) groups excluding carboxylic acids is 1. The Morgan fingerprint density at radius 1 is 1.14 bits per heavy atom. The second-order valence-corrected chi connectivity index (χ2v) is 6.18. The molecule has 0 bridgehead atoms. The standard InChI is InChI=1S/C18H24N2O/c1-5-20-16-13(3)10-9-12(2)15(16)14-8-6-7-11-19(4)18(21)17(14)20/h9-10H,5-8,11H2,1-4H3. The summed E-state index contributed by atoms with van der Waals surface area (Å²) in [4.78, 5) is 14.7. The molecule has 0 atom stereocenters. The highest BCUT2D eigenvalue weighted by atomic mass is 16.2. The van der Waals surface area contributed by atoms with Gasteiger partial charge in [0.25, 0.3) is 5.91 Å². The van der Waals surface area contributed by atoms with Crippen LogP contribution in [0.3, 0.4) is 0 Å².